The zero-order valence-corrected chi connectivity index (χ0v) is 8.56. The van der Waals surface area contributed by atoms with Crippen molar-refractivity contribution >= 4 is 5.78 Å². The molecule has 3 heteroatoms. The summed E-state index contributed by atoms with van der Waals surface area (Å²) < 4.78 is 18.3. The molecule has 0 bridgehead atoms. The maximum atomic E-state index is 13.0. The minimum absolute atomic E-state index is 0.184. The molecule has 0 spiro atoms. The number of hydrogen-bond acceptors (Lipinski definition) is 2. The van der Waals surface area contributed by atoms with Crippen molar-refractivity contribution in [3.63, 3.8) is 0 Å². The smallest absolute Gasteiger partial charge is 0.163 e. The number of rotatable bonds is 3. The molecular weight excluding hydrogens is 183 g/mol. The third-order valence-electron chi connectivity index (χ3n) is 1.91. The van der Waals surface area contributed by atoms with Crippen molar-refractivity contribution in [1.29, 1.82) is 0 Å². The highest BCUT2D eigenvalue weighted by Crippen LogP contribution is 2.25. The number of aryl methyl sites for hydroxylation is 1. The Morgan fingerprint density at radius 1 is 1.50 bits per heavy atom. The first-order valence-corrected chi connectivity index (χ1v) is 4.50. The minimum Gasteiger partial charge on any atom is -0.493 e. The molecule has 0 fully saturated rings. The molecule has 0 saturated carbocycles. The molecule has 0 aliphatic carbocycles. The number of carbonyl (C=O) groups is 1. The fraction of sp³-hybridized carbons (Fsp3) is 0.364. The van der Waals surface area contributed by atoms with Gasteiger partial charge in [0.15, 0.2) is 5.78 Å². The van der Waals surface area contributed by atoms with Gasteiger partial charge in [-0.05, 0) is 38.5 Å². The Morgan fingerprint density at radius 3 is 2.64 bits per heavy atom. The summed E-state index contributed by atoms with van der Waals surface area (Å²) in [5.74, 6) is -0.103. The van der Waals surface area contributed by atoms with Crippen LogP contribution in [-0.4, -0.2) is 12.4 Å². The topological polar surface area (TPSA) is 26.3 Å². The van der Waals surface area contributed by atoms with Crippen LogP contribution in [0, 0.1) is 12.7 Å². The standard InChI is InChI=1S/C11H13FO2/c1-4-14-11-7(2)5-9(12)6-10(11)8(3)13/h5-6H,4H2,1-3H3. The van der Waals surface area contributed by atoms with Crippen LogP contribution in [0.2, 0.25) is 0 Å². The molecule has 0 aliphatic heterocycles. The van der Waals surface area contributed by atoms with Crippen molar-refractivity contribution in [3.8, 4) is 5.75 Å². The van der Waals surface area contributed by atoms with E-state index in [-0.39, 0.29) is 5.78 Å². The largest absolute Gasteiger partial charge is 0.493 e. The fourth-order valence-electron chi connectivity index (χ4n) is 1.33. The lowest BCUT2D eigenvalue weighted by Gasteiger charge is -2.11. The third-order valence-corrected chi connectivity index (χ3v) is 1.91. The van der Waals surface area contributed by atoms with Crippen LogP contribution >= 0.6 is 0 Å². The summed E-state index contributed by atoms with van der Waals surface area (Å²) in [5, 5.41) is 0. The summed E-state index contributed by atoms with van der Waals surface area (Å²) in [6.45, 7) is 5.41. The molecule has 1 aromatic rings. The first kappa shape index (κ1) is 10.7. The molecule has 0 radical (unpaired) electrons. The van der Waals surface area contributed by atoms with Gasteiger partial charge in [0.2, 0.25) is 0 Å². The lowest BCUT2D eigenvalue weighted by molar-refractivity contribution is 0.101. The van der Waals surface area contributed by atoms with Gasteiger partial charge in [0.1, 0.15) is 11.6 Å². The normalized spacial score (nSPS) is 10.0. The summed E-state index contributed by atoms with van der Waals surface area (Å²) in [4.78, 5) is 11.2. The van der Waals surface area contributed by atoms with E-state index in [1.165, 1.54) is 19.1 Å². The predicted molar refractivity (Wildman–Crippen MR) is 52.3 cm³/mol. The van der Waals surface area contributed by atoms with Crippen LogP contribution in [0.1, 0.15) is 29.8 Å². The second kappa shape index (κ2) is 4.22. The Kier molecular flexibility index (Phi) is 3.23. The number of carbonyl (C=O) groups excluding carboxylic acids is 1. The highest BCUT2D eigenvalue weighted by Gasteiger charge is 2.12. The number of benzene rings is 1. The van der Waals surface area contributed by atoms with Crippen LogP contribution < -0.4 is 4.74 Å². The van der Waals surface area contributed by atoms with Gasteiger partial charge >= 0.3 is 0 Å². The molecule has 2 nitrogen and oxygen atoms in total. The number of ether oxygens (including phenoxy) is 1. The SMILES string of the molecule is CCOc1c(C)cc(F)cc1C(C)=O. The Bertz CT molecular complexity index is 359. The molecule has 0 N–H and O–H groups in total. The van der Waals surface area contributed by atoms with Gasteiger partial charge in [0, 0.05) is 0 Å². The third kappa shape index (κ3) is 2.10. The van der Waals surface area contributed by atoms with Gasteiger partial charge in [-0.1, -0.05) is 0 Å². The molecule has 1 aromatic carbocycles. The van der Waals surface area contributed by atoms with Gasteiger partial charge in [-0.15, -0.1) is 0 Å². The van der Waals surface area contributed by atoms with Gasteiger partial charge in [0.05, 0.1) is 12.2 Å². The van der Waals surface area contributed by atoms with Gasteiger partial charge in [-0.25, -0.2) is 4.39 Å². The molecule has 0 saturated heterocycles. The van der Waals surface area contributed by atoms with Crippen LogP contribution in [0.15, 0.2) is 12.1 Å². The number of halogens is 1. The van der Waals surface area contributed by atoms with Crippen molar-refractivity contribution in [2.75, 3.05) is 6.61 Å². The summed E-state index contributed by atoms with van der Waals surface area (Å²) in [6.07, 6.45) is 0. The molecule has 0 amide bonds. The molecule has 14 heavy (non-hydrogen) atoms. The van der Waals surface area contributed by atoms with Crippen LogP contribution in [0.25, 0.3) is 0 Å². The second-order valence-corrected chi connectivity index (χ2v) is 3.09. The van der Waals surface area contributed by atoms with E-state index < -0.39 is 5.82 Å². The van der Waals surface area contributed by atoms with Crippen molar-refractivity contribution in [3.05, 3.63) is 29.1 Å². The van der Waals surface area contributed by atoms with E-state index >= 15 is 0 Å². The Labute approximate surface area is 82.7 Å². The first-order chi connectivity index (χ1) is 6.56. The van der Waals surface area contributed by atoms with Gasteiger partial charge in [-0.2, -0.15) is 0 Å². The fourth-order valence-corrected chi connectivity index (χ4v) is 1.33. The van der Waals surface area contributed by atoms with Crippen LogP contribution in [0.5, 0.6) is 5.75 Å². The van der Waals surface area contributed by atoms with Crippen molar-refractivity contribution in [1.82, 2.24) is 0 Å². The second-order valence-electron chi connectivity index (χ2n) is 3.09. The van der Waals surface area contributed by atoms with E-state index in [0.717, 1.165) is 0 Å². The summed E-state index contributed by atoms with van der Waals surface area (Å²) >= 11 is 0. The lowest BCUT2D eigenvalue weighted by atomic mass is 10.1. The van der Waals surface area contributed by atoms with E-state index in [0.29, 0.717) is 23.5 Å². The molecule has 76 valence electrons. The van der Waals surface area contributed by atoms with Gasteiger partial charge < -0.3 is 4.74 Å². The van der Waals surface area contributed by atoms with E-state index in [4.69, 9.17) is 4.74 Å². The van der Waals surface area contributed by atoms with Gasteiger partial charge in [0.25, 0.3) is 0 Å². The summed E-state index contributed by atoms with van der Waals surface area (Å²) in [5.41, 5.74) is 0.960. The molecule has 0 aromatic heterocycles. The summed E-state index contributed by atoms with van der Waals surface area (Å²) in [7, 11) is 0. The van der Waals surface area contributed by atoms with Crippen LogP contribution in [0.3, 0.4) is 0 Å². The van der Waals surface area contributed by atoms with Crippen LogP contribution in [-0.2, 0) is 0 Å². The molecular formula is C11H13FO2. The van der Waals surface area contributed by atoms with Crippen molar-refractivity contribution < 1.29 is 13.9 Å². The molecule has 0 unspecified atom stereocenters. The maximum absolute atomic E-state index is 13.0. The Hall–Kier alpha value is -1.38. The first-order valence-electron chi connectivity index (χ1n) is 4.50. The number of ketones is 1. The van der Waals surface area contributed by atoms with E-state index in [1.807, 2.05) is 6.92 Å². The highest BCUT2D eigenvalue weighted by atomic mass is 19.1. The molecule has 0 aliphatic rings. The highest BCUT2D eigenvalue weighted by molar-refractivity contribution is 5.97. The minimum atomic E-state index is -0.406. The van der Waals surface area contributed by atoms with Gasteiger partial charge in [-0.3, -0.25) is 4.79 Å². The maximum Gasteiger partial charge on any atom is 0.163 e. The Balaban J connectivity index is 3.28. The molecule has 1 rings (SSSR count). The van der Waals surface area contributed by atoms with Crippen molar-refractivity contribution in [2.45, 2.75) is 20.8 Å². The monoisotopic (exact) mass is 196 g/mol. The van der Waals surface area contributed by atoms with E-state index in [2.05, 4.69) is 0 Å². The summed E-state index contributed by atoms with van der Waals surface area (Å²) in [6, 6.07) is 2.57. The zero-order valence-electron chi connectivity index (χ0n) is 8.56. The van der Waals surface area contributed by atoms with E-state index in [1.54, 1.807) is 6.92 Å². The molecule has 0 atom stereocenters. The molecule has 0 heterocycles. The number of Topliss-reactive ketones (excluding diaryl/α,β-unsaturated/α-hetero) is 1. The average Bonchev–Trinajstić information content (AvgIpc) is 2.09. The zero-order chi connectivity index (χ0) is 10.7. The van der Waals surface area contributed by atoms with Crippen molar-refractivity contribution in [2.24, 2.45) is 0 Å². The van der Waals surface area contributed by atoms with Crippen LogP contribution in [0.4, 0.5) is 4.39 Å². The number of hydrogen-bond donors (Lipinski definition) is 0. The lowest BCUT2D eigenvalue weighted by Crippen LogP contribution is -2.03. The predicted octanol–water partition coefficient (Wildman–Crippen LogP) is 2.74. The quantitative estimate of drug-likeness (QED) is 0.695. The Morgan fingerprint density at radius 2 is 2.14 bits per heavy atom. The average molecular weight is 196 g/mol. The van der Waals surface area contributed by atoms with E-state index in [9.17, 15) is 9.18 Å².